The molecule has 3 nitrogen and oxygen atoms in total. The summed E-state index contributed by atoms with van der Waals surface area (Å²) in [5.74, 6) is 0.612. The first-order valence-electron chi connectivity index (χ1n) is 6.83. The summed E-state index contributed by atoms with van der Waals surface area (Å²) < 4.78 is 0. The molecular weight excluding hydrogens is 198 g/mol. The maximum absolute atomic E-state index is 6.07. The number of piperazine rings is 1. The predicted octanol–water partition coefficient (Wildman–Crippen LogP) is 1.39. The minimum absolute atomic E-state index is 0.369. The molecule has 0 aliphatic carbocycles. The van der Waals surface area contributed by atoms with Crippen LogP contribution in [0.1, 0.15) is 33.6 Å². The Balaban J connectivity index is 2.12. The molecule has 1 heterocycles. The van der Waals surface area contributed by atoms with Crippen molar-refractivity contribution < 1.29 is 0 Å². The van der Waals surface area contributed by atoms with E-state index in [4.69, 9.17) is 5.73 Å². The molecule has 0 spiro atoms. The van der Waals surface area contributed by atoms with Crippen molar-refractivity contribution >= 4 is 0 Å². The van der Waals surface area contributed by atoms with Crippen LogP contribution in [0.3, 0.4) is 0 Å². The number of nitrogens with two attached hydrogens (primary N) is 1. The van der Waals surface area contributed by atoms with Gasteiger partial charge in [-0.25, -0.2) is 0 Å². The van der Waals surface area contributed by atoms with Crippen molar-refractivity contribution in [3.63, 3.8) is 0 Å². The van der Waals surface area contributed by atoms with Crippen LogP contribution in [0.25, 0.3) is 0 Å². The van der Waals surface area contributed by atoms with Gasteiger partial charge in [0.1, 0.15) is 0 Å². The van der Waals surface area contributed by atoms with Gasteiger partial charge in [0.2, 0.25) is 0 Å². The van der Waals surface area contributed by atoms with Crippen LogP contribution in [0.2, 0.25) is 0 Å². The van der Waals surface area contributed by atoms with Crippen LogP contribution in [0.15, 0.2) is 0 Å². The van der Waals surface area contributed by atoms with Crippen LogP contribution in [0.5, 0.6) is 0 Å². The molecule has 0 saturated carbocycles. The molecule has 1 aliphatic heterocycles. The van der Waals surface area contributed by atoms with Gasteiger partial charge in [0, 0.05) is 32.2 Å². The highest BCUT2D eigenvalue weighted by atomic mass is 15.3. The molecular formula is C13H29N3. The molecule has 0 aromatic heterocycles. The van der Waals surface area contributed by atoms with Crippen molar-refractivity contribution in [3.05, 3.63) is 0 Å². The van der Waals surface area contributed by atoms with E-state index in [2.05, 4.69) is 30.6 Å². The van der Waals surface area contributed by atoms with Gasteiger partial charge in [0.15, 0.2) is 0 Å². The van der Waals surface area contributed by atoms with Gasteiger partial charge in [-0.2, -0.15) is 0 Å². The van der Waals surface area contributed by atoms with Crippen LogP contribution in [-0.4, -0.2) is 55.1 Å². The number of hydrogen-bond donors (Lipinski definition) is 1. The first-order valence-corrected chi connectivity index (χ1v) is 6.83. The summed E-state index contributed by atoms with van der Waals surface area (Å²) in [6, 6.07) is 0.369. The third-order valence-electron chi connectivity index (χ3n) is 3.64. The summed E-state index contributed by atoms with van der Waals surface area (Å²) in [6.07, 6.45) is 2.42. The Morgan fingerprint density at radius 3 is 1.94 bits per heavy atom. The van der Waals surface area contributed by atoms with Gasteiger partial charge in [-0.3, -0.25) is 0 Å². The molecule has 3 heteroatoms. The minimum Gasteiger partial charge on any atom is -0.327 e. The zero-order chi connectivity index (χ0) is 12.0. The van der Waals surface area contributed by atoms with Crippen molar-refractivity contribution in [2.75, 3.05) is 39.3 Å². The zero-order valence-electron chi connectivity index (χ0n) is 11.3. The van der Waals surface area contributed by atoms with Gasteiger partial charge >= 0.3 is 0 Å². The summed E-state index contributed by atoms with van der Waals surface area (Å²) in [7, 11) is 0. The lowest BCUT2D eigenvalue weighted by Gasteiger charge is -2.35. The molecule has 0 unspecified atom stereocenters. The van der Waals surface area contributed by atoms with Crippen molar-refractivity contribution in [2.45, 2.75) is 39.7 Å². The Morgan fingerprint density at radius 1 is 1.00 bits per heavy atom. The first-order chi connectivity index (χ1) is 7.63. The van der Waals surface area contributed by atoms with Crippen LogP contribution >= 0.6 is 0 Å². The van der Waals surface area contributed by atoms with E-state index in [1.165, 1.54) is 45.7 Å². The average molecular weight is 227 g/mol. The highest BCUT2D eigenvalue weighted by molar-refractivity contribution is 4.74. The lowest BCUT2D eigenvalue weighted by atomic mass is 10.0. The molecule has 96 valence electrons. The highest BCUT2D eigenvalue weighted by Gasteiger charge is 2.17. The minimum atomic E-state index is 0.369. The Kier molecular flexibility index (Phi) is 6.32. The standard InChI is InChI=1S/C13H29N3/c1-4-6-15-8-10-16(11-9-15)7-5-13(14)12(2)3/h12-13H,4-11,14H2,1-3H3/t13-/m1/s1. The van der Waals surface area contributed by atoms with E-state index in [1.54, 1.807) is 0 Å². The lowest BCUT2D eigenvalue weighted by molar-refractivity contribution is 0.128. The van der Waals surface area contributed by atoms with Crippen molar-refractivity contribution in [2.24, 2.45) is 11.7 Å². The van der Waals surface area contributed by atoms with Gasteiger partial charge in [0.25, 0.3) is 0 Å². The molecule has 1 atom stereocenters. The molecule has 0 aromatic carbocycles. The largest absolute Gasteiger partial charge is 0.327 e. The lowest BCUT2D eigenvalue weighted by Crippen LogP contribution is -2.47. The number of nitrogens with zero attached hydrogens (tertiary/aromatic N) is 2. The SMILES string of the molecule is CCCN1CCN(CC[C@@H](N)C(C)C)CC1. The normalized spacial score (nSPS) is 21.6. The molecule has 0 amide bonds. The zero-order valence-corrected chi connectivity index (χ0v) is 11.3. The third kappa shape index (κ3) is 4.81. The van der Waals surface area contributed by atoms with E-state index in [-0.39, 0.29) is 0 Å². The molecule has 0 aromatic rings. The van der Waals surface area contributed by atoms with E-state index < -0.39 is 0 Å². The topological polar surface area (TPSA) is 32.5 Å². The van der Waals surface area contributed by atoms with E-state index in [1.807, 2.05) is 0 Å². The molecule has 2 N–H and O–H groups in total. The predicted molar refractivity (Wildman–Crippen MR) is 70.6 cm³/mol. The summed E-state index contributed by atoms with van der Waals surface area (Å²) in [6.45, 7) is 14.1. The van der Waals surface area contributed by atoms with Crippen LogP contribution in [0, 0.1) is 5.92 Å². The van der Waals surface area contributed by atoms with E-state index in [0.717, 1.165) is 6.42 Å². The number of hydrogen-bond acceptors (Lipinski definition) is 3. The molecule has 16 heavy (non-hydrogen) atoms. The summed E-state index contributed by atoms with van der Waals surface area (Å²) in [5.41, 5.74) is 6.07. The van der Waals surface area contributed by atoms with Gasteiger partial charge in [0.05, 0.1) is 0 Å². The van der Waals surface area contributed by atoms with Crippen molar-refractivity contribution in [3.8, 4) is 0 Å². The van der Waals surface area contributed by atoms with Gasteiger partial charge in [-0.1, -0.05) is 20.8 Å². The quantitative estimate of drug-likeness (QED) is 0.744. The highest BCUT2D eigenvalue weighted by Crippen LogP contribution is 2.07. The molecule has 1 rings (SSSR count). The second-order valence-corrected chi connectivity index (χ2v) is 5.38. The maximum Gasteiger partial charge on any atom is 0.0110 e. The molecule has 1 fully saturated rings. The van der Waals surface area contributed by atoms with Gasteiger partial charge in [-0.15, -0.1) is 0 Å². The second kappa shape index (κ2) is 7.25. The van der Waals surface area contributed by atoms with Crippen LogP contribution in [-0.2, 0) is 0 Å². The third-order valence-corrected chi connectivity index (χ3v) is 3.64. The summed E-state index contributed by atoms with van der Waals surface area (Å²) in [5, 5.41) is 0. The van der Waals surface area contributed by atoms with Gasteiger partial charge < -0.3 is 15.5 Å². The Labute approximate surface area is 101 Å². The van der Waals surface area contributed by atoms with Crippen LogP contribution < -0.4 is 5.73 Å². The Morgan fingerprint density at radius 2 is 1.50 bits per heavy atom. The van der Waals surface area contributed by atoms with Gasteiger partial charge in [-0.05, 0) is 31.8 Å². The monoisotopic (exact) mass is 227 g/mol. The second-order valence-electron chi connectivity index (χ2n) is 5.38. The molecule has 1 saturated heterocycles. The molecule has 0 bridgehead atoms. The fraction of sp³-hybridized carbons (Fsp3) is 1.00. The summed E-state index contributed by atoms with van der Waals surface area (Å²) in [4.78, 5) is 5.13. The maximum atomic E-state index is 6.07. The Bertz CT molecular complexity index is 174. The van der Waals surface area contributed by atoms with Crippen molar-refractivity contribution in [1.29, 1.82) is 0 Å². The average Bonchev–Trinajstić information content (AvgIpc) is 2.28. The van der Waals surface area contributed by atoms with E-state index in [9.17, 15) is 0 Å². The first kappa shape index (κ1) is 13.9. The molecule has 1 aliphatic rings. The van der Waals surface area contributed by atoms with Crippen LogP contribution in [0.4, 0.5) is 0 Å². The van der Waals surface area contributed by atoms with E-state index in [0.29, 0.717) is 12.0 Å². The fourth-order valence-electron chi connectivity index (χ4n) is 2.22. The fourth-order valence-corrected chi connectivity index (χ4v) is 2.22. The van der Waals surface area contributed by atoms with E-state index >= 15 is 0 Å². The molecule has 0 radical (unpaired) electrons. The number of rotatable bonds is 6. The summed E-state index contributed by atoms with van der Waals surface area (Å²) >= 11 is 0. The Hall–Kier alpha value is -0.120. The van der Waals surface area contributed by atoms with Crippen molar-refractivity contribution in [1.82, 2.24) is 9.80 Å². The smallest absolute Gasteiger partial charge is 0.0110 e.